The van der Waals surface area contributed by atoms with Crippen molar-refractivity contribution in [3.05, 3.63) is 47.5 Å². The van der Waals surface area contributed by atoms with Crippen molar-refractivity contribution in [1.29, 1.82) is 0 Å². The molecule has 0 aromatic heterocycles. The molecule has 0 spiro atoms. The van der Waals surface area contributed by atoms with Crippen LogP contribution < -0.4 is 5.32 Å². The zero-order chi connectivity index (χ0) is 17.2. The van der Waals surface area contributed by atoms with Crippen molar-refractivity contribution in [3.8, 4) is 0 Å². The van der Waals surface area contributed by atoms with E-state index in [1.54, 1.807) is 0 Å². The molecule has 1 saturated heterocycles. The summed E-state index contributed by atoms with van der Waals surface area (Å²) in [5, 5.41) is 3.00. The van der Waals surface area contributed by atoms with Crippen molar-refractivity contribution in [2.24, 2.45) is 5.41 Å². The van der Waals surface area contributed by atoms with Crippen LogP contribution in [0.3, 0.4) is 0 Å². The minimum absolute atomic E-state index is 0.0890. The molecule has 130 valence electrons. The highest BCUT2D eigenvalue weighted by Gasteiger charge is 2.44. The number of fused-ring (bicyclic) bond motifs is 1. The predicted octanol–water partition coefficient (Wildman–Crippen LogP) is 3.73. The van der Waals surface area contributed by atoms with Crippen molar-refractivity contribution in [3.63, 3.8) is 0 Å². The quantitative estimate of drug-likeness (QED) is 0.856. The average Bonchev–Trinajstić information content (AvgIpc) is 3.01. The maximum Gasteiger partial charge on any atom is 0.407 e. The van der Waals surface area contributed by atoms with Crippen LogP contribution in [0.2, 0.25) is 0 Å². The van der Waals surface area contributed by atoms with E-state index in [1.165, 1.54) is 11.1 Å². The molecule has 1 heterocycles. The molecule has 4 heteroatoms. The summed E-state index contributed by atoms with van der Waals surface area (Å²) in [6, 6.07) is 10.6. The number of rotatable bonds is 4. The second-order valence-corrected chi connectivity index (χ2v) is 8.03. The molecule has 0 radical (unpaired) electrons. The van der Waals surface area contributed by atoms with Gasteiger partial charge in [0, 0.05) is 31.6 Å². The first-order valence-electron chi connectivity index (χ1n) is 8.79. The van der Waals surface area contributed by atoms with E-state index in [1.807, 2.05) is 20.8 Å². The molecule has 24 heavy (non-hydrogen) atoms. The van der Waals surface area contributed by atoms with Gasteiger partial charge >= 0.3 is 6.09 Å². The molecular weight excluding hydrogens is 300 g/mol. The van der Waals surface area contributed by atoms with Gasteiger partial charge in [0.05, 0.1) is 0 Å². The Balaban J connectivity index is 1.60. The molecule has 1 aromatic carbocycles. The molecule has 1 fully saturated rings. The lowest BCUT2D eigenvalue weighted by Crippen LogP contribution is -2.41. The van der Waals surface area contributed by atoms with Crippen LogP contribution in [0.5, 0.6) is 0 Å². The first-order chi connectivity index (χ1) is 11.4. The van der Waals surface area contributed by atoms with Gasteiger partial charge in [-0.3, -0.25) is 4.90 Å². The number of nitrogens with one attached hydrogen (secondary N) is 1. The standard InChI is InChI=1S/C20H28N2O2/c1-19(2,3)24-18(23)21-14-20-11-7-10-17(20)13-22(15-20)12-16-8-5-4-6-9-16/h4-6,8-10H,7,11-15H2,1-3H3,(H,21,23). The topological polar surface area (TPSA) is 41.6 Å². The van der Waals surface area contributed by atoms with Gasteiger partial charge in [-0.2, -0.15) is 0 Å². The summed E-state index contributed by atoms with van der Waals surface area (Å²) in [7, 11) is 0. The number of carbonyl (C=O) groups is 1. The highest BCUT2D eigenvalue weighted by molar-refractivity contribution is 5.67. The van der Waals surface area contributed by atoms with E-state index in [-0.39, 0.29) is 11.5 Å². The third kappa shape index (κ3) is 3.99. The molecule has 1 amide bonds. The molecule has 0 bridgehead atoms. The Labute approximate surface area is 144 Å². The van der Waals surface area contributed by atoms with Crippen LogP contribution in [-0.4, -0.2) is 36.2 Å². The van der Waals surface area contributed by atoms with Crippen LogP contribution >= 0.6 is 0 Å². The van der Waals surface area contributed by atoms with E-state index in [0.717, 1.165) is 32.5 Å². The largest absolute Gasteiger partial charge is 0.444 e. The van der Waals surface area contributed by atoms with E-state index in [4.69, 9.17) is 4.74 Å². The van der Waals surface area contributed by atoms with E-state index in [0.29, 0.717) is 6.54 Å². The molecule has 0 saturated carbocycles. The third-order valence-corrected chi connectivity index (χ3v) is 4.83. The Morgan fingerprint density at radius 3 is 2.75 bits per heavy atom. The van der Waals surface area contributed by atoms with Crippen molar-refractivity contribution >= 4 is 6.09 Å². The summed E-state index contributed by atoms with van der Waals surface area (Å²) >= 11 is 0. The fourth-order valence-electron chi connectivity index (χ4n) is 3.80. The van der Waals surface area contributed by atoms with Gasteiger partial charge in [0.25, 0.3) is 0 Å². The minimum atomic E-state index is -0.453. The smallest absolute Gasteiger partial charge is 0.407 e. The first-order valence-corrected chi connectivity index (χ1v) is 8.79. The van der Waals surface area contributed by atoms with Crippen molar-refractivity contribution < 1.29 is 9.53 Å². The van der Waals surface area contributed by atoms with Crippen molar-refractivity contribution in [1.82, 2.24) is 10.2 Å². The Morgan fingerprint density at radius 1 is 1.29 bits per heavy atom. The normalized spacial score (nSPS) is 23.7. The second-order valence-electron chi connectivity index (χ2n) is 8.03. The van der Waals surface area contributed by atoms with Crippen LogP contribution in [0.4, 0.5) is 4.79 Å². The first kappa shape index (κ1) is 17.0. The highest BCUT2D eigenvalue weighted by Crippen LogP contribution is 2.44. The molecule has 1 atom stereocenters. The molecule has 3 rings (SSSR count). The lowest BCUT2D eigenvalue weighted by atomic mass is 9.84. The maximum atomic E-state index is 12.0. The summed E-state index contributed by atoms with van der Waals surface area (Å²) < 4.78 is 5.38. The van der Waals surface area contributed by atoms with E-state index in [9.17, 15) is 4.79 Å². The van der Waals surface area contributed by atoms with Crippen LogP contribution in [0.1, 0.15) is 39.2 Å². The molecule has 1 aromatic rings. The molecule has 2 aliphatic rings. The van der Waals surface area contributed by atoms with Gasteiger partial charge in [0.1, 0.15) is 5.60 Å². The Kier molecular flexibility index (Phi) is 4.68. The highest BCUT2D eigenvalue weighted by atomic mass is 16.6. The van der Waals surface area contributed by atoms with Gasteiger partial charge in [0.15, 0.2) is 0 Å². The number of hydrogen-bond acceptors (Lipinski definition) is 3. The molecular formula is C20H28N2O2. The fraction of sp³-hybridized carbons (Fsp3) is 0.550. The van der Waals surface area contributed by atoms with Gasteiger partial charge in [-0.1, -0.05) is 42.0 Å². The fourth-order valence-corrected chi connectivity index (χ4v) is 3.80. The number of allylic oxidation sites excluding steroid dienone is 1. The summed E-state index contributed by atoms with van der Waals surface area (Å²) in [6.07, 6.45) is 4.28. The van der Waals surface area contributed by atoms with Crippen molar-refractivity contribution in [2.45, 2.75) is 45.8 Å². The number of likely N-dealkylation sites (tertiary alicyclic amines) is 1. The predicted molar refractivity (Wildman–Crippen MR) is 95.7 cm³/mol. The van der Waals surface area contributed by atoms with Crippen LogP contribution in [0.25, 0.3) is 0 Å². The van der Waals surface area contributed by atoms with E-state index < -0.39 is 5.60 Å². The molecule has 4 nitrogen and oxygen atoms in total. The molecule has 1 aliphatic heterocycles. The minimum Gasteiger partial charge on any atom is -0.444 e. The van der Waals surface area contributed by atoms with Crippen molar-refractivity contribution in [2.75, 3.05) is 19.6 Å². The molecule has 1 N–H and O–H groups in total. The van der Waals surface area contributed by atoms with Crippen LogP contribution in [0, 0.1) is 5.41 Å². The van der Waals surface area contributed by atoms with Crippen LogP contribution in [0.15, 0.2) is 42.0 Å². The maximum absolute atomic E-state index is 12.0. The van der Waals surface area contributed by atoms with Gasteiger partial charge in [-0.05, 0) is 39.2 Å². The third-order valence-electron chi connectivity index (χ3n) is 4.83. The Hall–Kier alpha value is -1.81. The number of amides is 1. The van der Waals surface area contributed by atoms with Gasteiger partial charge in [-0.25, -0.2) is 4.79 Å². The SMILES string of the molecule is CC(C)(C)OC(=O)NCC12CCC=C1CN(Cc1ccccc1)C2. The second kappa shape index (κ2) is 6.60. The number of alkyl carbamates (subject to hydrolysis) is 1. The zero-order valence-corrected chi connectivity index (χ0v) is 15.0. The summed E-state index contributed by atoms with van der Waals surface area (Å²) in [5.74, 6) is 0. The van der Waals surface area contributed by atoms with Gasteiger partial charge in [-0.15, -0.1) is 0 Å². The summed E-state index contributed by atoms with van der Waals surface area (Å²) in [6.45, 7) is 9.31. The molecule has 1 aliphatic carbocycles. The number of hydrogen-bond donors (Lipinski definition) is 1. The van der Waals surface area contributed by atoms with Crippen LogP contribution in [-0.2, 0) is 11.3 Å². The van der Waals surface area contributed by atoms with Gasteiger partial charge in [0.2, 0.25) is 0 Å². The summed E-state index contributed by atoms with van der Waals surface area (Å²) in [5.41, 5.74) is 2.46. The zero-order valence-electron chi connectivity index (χ0n) is 15.0. The number of nitrogens with zero attached hydrogens (tertiary/aromatic N) is 1. The lowest BCUT2D eigenvalue weighted by Gasteiger charge is -2.28. The number of ether oxygens (including phenoxy) is 1. The van der Waals surface area contributed by atoms with E-state index in [2.05, 4.69) is 46.6 Å². The Bertz CT molecular complexity index is 618. The monoisotopic (exact) mass is 328 g/mol. The van der Waals surface area contributed by atoms with E-state index >= 15 is 0 Å². The summed E-state index contributed by atoms with van der Waals surface area (Å²) in [4.78, 5) is 14.5. The number of carbonyl (C=O) groups excluding carboxylic acids is 1. The lowest BCUT2D eigenvalue weighted by molar-refractivity contribution is 0.0506. The Morgan fingerprint density at radius 2 is 2.04 bits per heavy atom. The molecule has 1 unspecified atom stereocenters. The number of benzene rings is 1. The average molecular weight is 328 g/mol. The van der Waals surface area contributed by atoms with Gasteiger partial charge < -0.3 is 10.1 Å².